The summed E-state index contributed by atoms with van der Waals surface area (Å²) in [5, 5.41) is 0. The number of hydrogen-bond donors (Lipinski definition) is 1. The summed E-state index contributed by atoms with van der Waals surface area (Å²) in [6.45, 7) is 3.64. The number of nitrogens with one attached hydrogen (secondary N) is 1. The van der Waals surface area contributed by atoms with E-state index in [1.807, 2.05) is 4.90 Å². The normalized spacial score (nSPS) is 26.9. The van der Waals surface area contributed by atoms with Gasteiger partial charge in [-0.2, -0.15) is 0 Å². The molecule has 0 aromatic carbocycles. The molecule has 2 heterocycles. The van der Waals surface area contributed by atoms with Crippen LogP contribution < -0.4 is 4.72 Å². The first kappa shape index (κ1) is 23.0. The Labute approximate surface area is 196 Å². The molecule has 1 aromatic heterocycles. The molecule has 168 valence electrons. The van der Waals surface area contributed by atoms with E-state index in [9.17, 15) is 13.2 Å². The Morgan fingerprint density at radius 3 is 2.27 bits per heavy atom. The summed E-state index contributed by atoms with van der Waals surface area (Å²) in [6, 6.07) is 2.14. The van der Waals surface area contributed by atoms with Crippen LogP contribution in [-0.2, 0) is 14.8 Å². The second-order valence-electron chi connectivity index (χ2n) is 8.66. The van der Waals surface area contributed by atoms with Crippen molar-refractivity contribution in [2.75, 3.05) is 26.2 Å². The van der Waals surface area contributed by atoms with Crippen molar-refractivity contribution in [3.05, 3.63) is 14.9 Å². The van der Waals surface area contributed by atoms with E-state index >= 15 is 0 Å². The average molecular weight is 539 g/mol. The largest absolute Gasteiger partial charge is 0.340 e. The maximum absolute atomic E-state index is 13.0. The number of piperazine rings is 1. The molecule has 10 heteroatoms. The molecule has 0 spiro atoms. The first-order valence-corrected chi connectivity index (χ1v) is 14.3. The summed E-state index contributed by atoms with van der Waals surface area (Å²) in [7, 11) is -3.58. The number of sulfonamides is 1. The van der Waals surface area contributed by atoms with Gasteiger partial charge in [-0.3, -0.25) is 9.69 Å². The first-order valence-electron chi connectivity index (χ1n) is 10.8. The summed E-state index contributed by atoms with van der Waals surface area (Å²) >= 11 is 10.3. The van der Waals surface area contributed by atoms with E-state index in [1.165, 1.54) is 31.7 Å². The van der Waals surface area contributed by atoms with Gasteiger partial charge in [-0.15, -0.1) is 11.3 Å². The van der Waals surface area contributed by atoms with Crippen LogP contribution >= 0.6 is 38.9 Å². The van der Waals surface area contributed by atoms with Gasteiger partial charge in [0.1, 0.15) is 8.55 Å². The lowest BCUT2D eigenvalue weighted by molar-refractivity contribution is -0.138. The summed E-state index contributed by atoms with van der Waals surface area (Å²) in [6.07, 6.45) is 8.16. The molecule has 1 N–H and O–H groups in total. The van der Waals surface area contributed by atoms with Crippen molar-refractivity contribution in [1.82, 2.24) is 14.5 Å². The van der Waals surface area contributed by atoms with Gasteiger partial charge in [0.2, 0.25) is 15.9 Å². The van der Waals surface area contributed by atoms with E-state index in [0.29, 0.717) is 21.7 Å². The minimum atomic E-state index is -3.58. The summed E-state index contributed by atoms with van der Waals surface area (Å²) in [5.41, 5.74) is 0. The Bertz CT molecular complexity index is 837. The SMILES string of the molecule is O=C(C1CCC(NS(=O)(=O)c2cc(Br)c(Cl)s2)CC1)N1CCN(C2CCCC2)CC1. The number of amides is 1. The Kier molecular flexibility index (Phi) is 7.47. The van der Waals surface area contributed by atoms with E-state index in [4.69, 9.17) is 11.6 Å². The number of carbonyl (C=O) groups excluding carboxylic acids is 1. The van der Waals surface area contributed by atoms with Crippen molar-refractivity contribution < 1.29 is 13.2 Å². The Hall–Kier alpha value is -0.190. The highest BCUT2D eigenvalue weighted by Crippen LogP contribution is 2.35. The fourth-order valence-corrected chi connectivity index (χ4v) is 8.65. The van der Waals surface area contributed by atoms with E-state index in [0.717, 1.165) is 56.4 Å². The summed E-state index contributed by atoms with van der Waals surface area (Å²) in [5.74, 6) is 0.283. The number of nitrogens with zero attached hydrogens (tertiary/aromatic N) is 2. The van der Waals surface area contributed by atoms with Crippen LogP contribution in [0.3, 0.4) is 0 Å². The fourth-order valence-electron chi connectivity index (χ4n) is 5.03. The van der Waals surface area contributed by atoms with Gasteiger partial charge in [0.15, 0.2) is 0 Å². The highest BCUT2D eigenvalue weighted by atomic mass is 79.9. The van der Waals surface area contributed by atoms with Crippen LogP contribution in [-0.4, -0.2) is 62.4 Å². The maximum Gasteiger partial charge on any atom is 0.250 e. The van der Waals surface area contributed by atoms with Crippen LogP contribution in [0.5, 0.6) is 0 Å². The molecule has 1 amide bonds. The molecule has 0 bridgehead atoms. The average Bonchev–Trinajstić information content (AvgIpc) is 3.39. The summed E-state index contributed by atoms with van der Waals surface area (Å²) < 4.78 is 29.3. The quantitative estimate of drug-likeness (QED) is 0.613. The molecule has 1 saturated heterocycles. The monoisotopic (exact) mass is 537 g/mol. The maximum atomic E-state index is 13.0. The molecular formula is C20H29BrClN3O3S2. The van der Waals surface area contributed by atoms with Gasteiger partial charge in [0.25, 0.3) is 0 Å². The molecule has 0 unspecified atom stereocenters. The Morgan fingerprint density at radius 1 is 1.07 bits per heavy atom. The molecule has 2 saturated carbocycles. The molecule has 6 nitrogen and oxygen atoms in total. The van der Waals surface area contributed by atoms with Crippen LogP contribution in [0.2, 0.25) is 4.34 Å². The Balaban J connectivity index is 1.24. The second kappa shape index (κ2) is 9.75. The van der Waals surface area contributed by atoms with Crippen molar-refractivity contribution in [1.29, 1.82) is 0 Å². The van der Waals surface area contributed by atoms with Crippen molar-refractivity contribution in [3.8, 4) is 0 Å². The van der Waals surface area contributed by atoms with Gasteiger partial charge in [-0.25, -0.2) is 13.1 Å². The number of halogens is 2. The Morgan fingerprint density at radius 2 is 1.70 bits per heavy atom. The van der Waals surface area contributed by atoms with Crippen LogP contribution in [0, 0.1) is 5.92 Å². The third-order valence-electron chi connectivity index (χ3n) is 6.75. The minimum Gasteiger partial charge on any atom is -0.340 e. The number of hydrogen-bond acceptors (Lipinski definition) is 5. The third kappa shape index (κ3) is 5.23. The van der Waals surface area contributed by atoms with Gasteiger partial charge in [0, 0.05) is 48.7 Å². The molecular weight excluding hydrogens is 510 g/mol. The third-order valence-corrected chi connectivity index (χ3v) is 11.2. The zero-order chi connectivity index (χ0) is 21.3. The molecule has 1 aliphatic heterocycles. The highest BCUT2D eigenvalue weighted by Gasteiger charge is 2.34. The molecule has 1 aromatic rings. The highest BCUT2D eigenvalue weighted by molar-refractivity contribution is 9.10. The topological polar surface area (TPSA) is 69.7 Å². The van der Waals surface area contributed by atoms with Crippen LogP contribution in [0.4, 0.5) is 0 Å². The van der Waals surface area contributed by atoms with Gasteiger partial charge >= 0.3 is 0 Å². The summed E-state index contributed by atoms with van der Waals surface area (Å²) in [4.78, 5) is 17.6. The van der Waals surface area contributed by atoms with Gasteiger partial charge in [-0.05, 0) is 60.5 Å². The minimum absolute atomic E-state index is 0.0223. The molecule has 2 aliphatic carbocycles. The molecule has 0 atom stereocenters. The van der Waals surface area contributed by atoms with Crippen molar-refractivity contribution >= 4 is 54.8 Å². The molecule has 3 aliphatic rings. The van der Waals surface area contributed by atoms with E-state index in [-0.39, 0.29) is 22.1 Å². The fraction of sp³-hybridized carbons (Fsp3) is 0.750. The lowest BCUT2D eigenvalue weighted by Crippen LogP contribution is -2.53. The lowest BCUT2D eigenvalue weighted by atomic mass is 9.85. The van der Waals surface area contributed by atoms with E-state index in [2.05, 4.69) is 25.6 Å². The molecule has 4 rings (SSSR count). The van der Waals surface area contributed by atoms with Gasteiger partial charge in [0.05, 0.1) is 0 Å². The van der Waals surface area contributed by atoms with Crippen molar-refractivity contribution in [3.63, 3.8) is 0 Å². The predicted molar refractivity (Wildman–Crippen MR) is 124 cm³/mol. The number of thiophene rings is 1. The second-order valence-corrected chi connectivity index (χ2v) is 13.1. The van der Waals surface area contributed by atoms with Gasteiger partial charge < -0.3 is 4.90 Å². The predicted octanol–water partition coefficient (Wildman–Crippen LogP) is 4.09. The van der Waals surface area contributed by atoms with E-state index < -0.39 is 10.0 Å². The van der Waals surface area contributed by atoms with Gasteiger partial charge in [-0.1, -0.05) is 24.4 Å². The molecule has 30 heavy (non-hydrogen) atoms. The first-order chi connectivity index (χ1) is 14.3. The smallest absolute Gasteiger partial charge is 0.250 e. The van der Waals surface area contributed by atoms with Crippen molar-refractivity contribution in [2.24, 2.45) is 5.92 Å². The molecule has 3 fully saturated rings. The van der Waals surface area contributed by atoms with Crippen LogP contribution in [0.15, 0.2) is 14.7 Å². The number of rotatable bonds is 5. The zero-order valence-corrected chi connectivity index (χ0v) is 21.0. The number of carbonyl (C=O) groups is 1. The zero-order valence-electron chi connectivity index (χ0n) is 17.0. The standard InChI is InChI=1S/C20H29BrClN3O3S2/c21-17-13-18(29-19(17)22)30(27,28)23-15-7-5-14(6-8-15)20(26)25-11-9-24(10-12-25)16-3-1-2-4-16/h13-16,23H,1-12H2. The lowest BCUT2D eigenvalue weighted by Gasteiger charge is -2.40. The van der Waals surface area contributed by atoms with Crippen LogP contribution in [0.1, 0.15) is 51.4 Å². The van der Waals surface area contributed by atoms with E-state index in [1.54, 1.807) is 0 Å². The van der Waals surface area contributed by atoms with Crippen molar-refractivity contribution in [2.45, 2.75) is 67.7 Å². The van der Waals surface area contributed by atoms with Crippen LogP contribution in [0.25, 0.3) is 0 Å². The molecule has 0 radical (unpaired) electrons.